The van der Waals surface area contributed by atoms with Crippen LogP contribution in [0.5, 0.6) is 11.5 Å². The van der Waals surface area contributed by atoms with E-state index in [1.54, 1.807) is 36.2 Å². The molecule has 1 aliphatic rings. The minimum atomic E-state index is -0.309. The summed E-state index contributed by atoms with van der Waals surface area (Å²) in [6.45, 7) is 3.66. The van der Waals surface area contributed by atoms with Gasteiger partial charge in [0.05, 0.1) is 31.8 Å². The van der Waals surface area contributed by atoms with Gasteiger partial charge in [0.15, 0.2) is 0 Å². The third kappa shape index (κ3) is 6.54. The van der Waals surface area contributed by atoms with Crippen LogP contribution in [0, 0.1) is 18.2 Å². The molecule has 0 unspecified atom stereocenters. The highest BCUT2D eigenvalue weighted by Crippen LogP contribution is 2.37. The fourth-order valence-electron chi connectivity index (χ4n) is 4.78. The molecule has 40 heavy (non-hydrogen) atoms. The van der Waals surface area contributed by atoms with Crippen molar-refractivity contribution in [2.75, 3.05) is 46.7 Å². The lowest BCUT2D eigenvalue weighted by molar-refractivity contribution is 0.0755. The van der Waals surface area contributed by atoms with Gasteiger partial charge < -0.3 is 29.5 Å². The average Bonchev–Trinajstić information content (AvgIpc) is 3.09. The van der Waals surface area contributed by atoms with Gasteiger partial charge in [-0.1, -0.05) is 6.07 Å². The Balaban J connectivity index is 1.79. The number of rotatable bonds is 10. The molecule has 3 aromatic rings. The van der Waals surface area contributed by atoms with Crippen molar-refractivity contribution in [1.82, 2.24) is 14.7 Å². The fraction of sp³-hybridized carbons (Fsp3) is 0.290. The highest BCUT2D eigenvalue weighted by atomic mass is 19.1. The van der Waals surface area contributed by atoms with E-state index in [9.17, 15) is 9.18 Å². The van der Waals surface area contributed by atoms with Crippen molar-refractivity contribution >= 4 is 17.9 Å². The summed E-state index contributed by atoms with van der Waals surface area (Å²) in [5.74, 6) is 0.888. The molecule has 0 bridgehead atoms. The molecule has 4 rings (SSSR count). The minimum absolute atomic E-state index is 0.116. The second kappa shape index (κ2) is 12.5. The maximum absolute atomic E-state index is 14.1. The molecule has 0 radical (unpaired) electrons. The fourth-order valence-corrected chi connectivity index (χ4v) is 4.78. The molecule has 1 aliphatic heterocycles. The first-order valence-corrected chi connectivity index (χ1v) is 13.0. The van der Waals surface area contributed by atoms with E-state index in [-0.39, 0.29) is 11.7 Å². The summed E-state index contributed by atoms with van der Waals surface area (Å²) in [7, 11) is 7.02. The molecular formula is C31H36FN5O3. The predicted octanol–water partition coefficient (Wildman–Crippen LogP) is 5.33. The van der Waals surface area contributed by atoms with Crippen LogP contribution in [0.3, 0.4) is 0 Å². The number of carbonyl (C=O) groups excluding carboxylic acids is 1. The summed E-state index contributed by atoms with van der Waals surface area (Å²) < 4.78 is 24.9. The van der Waals surface area contributed by atoms with Crippen molar-refractivity contribution in [2.45, 2.75) is 20.0 Å². The number of aryl methyl sites for hydroxylation is 1. The summed E-state index contributed by atoms with van der Waals surface area (Å²) in [5, 5.41) is 11.4. The van der Waals surface area contributed by atoms with E-state index >= 15 is 0 Å². The molecule has 0 aliphatic carbocycles. The van der Waals surface area contributed by atoms with E-state index in [1.807, 2.05) is 62.6 Å². The Bertz CT molecular complexity index is 1400. The van der Waals surface area contributed by atoms with E-state index in [2.05, 4.69) is 5.32 Å². The van der Waals surface area contributed by atoms with E-state index in [1.165, 1.54) is 18.5 Å². The van der Waals surface area contributed by atoms with Gasteiger partial charge in [0.25, 0.3) is 5.91 Å². The first kappa shape index (κ1) is 28.5. The lowest BCUT2D eigenvalue weighted by Gasteiger charge is -2.23. The lowest BCUT2D eigenvalue weighted by Crippen LogP contribution is -2.32. The molecule has 2 N–H and O–H groups in total. The maximum atomic E-state index is 14.1. The molecule has 0 atom stereocenters. The van der Waals surface area contributed by atoms with Crippen LogP contribution in [-0.2, 0) is 13.1 Å². The van der Waals surface area contributed by atoms with Crippen molar-refractivity contribution in [1.29, 1.82) is 5.41 Å². The number of carbonyl (C=O) groups is 1. The number of fused-ring (bicyclic) bond motifs is 1. The number of benzene rings is 3. The molecule has 0 aromatic heterocycles. The number of nitrogens with one attached hydrogen (secondary N) is 2. The number of amides is 1. The summed E-state index contributed by atoms with van der Waals surface area (Å²) in [5.41, 5.74) is 5.44. The highest BCUT2D eigenvalue weighted by Gasteiger charge is 2.26. The Morgan fingerprint density at radius 3 is 2.30 bits per heavy atom. The number of anilines is 1. The van der Waals surface area contributed by atoms with E-state index in [0.717, 1.165) is 33.5 Å². The van der Waals surface area contributed by atoms with Crippen LogP contribution in [0.15, 0.2) is 60.9 Å². The lowest BCUT2D eigenvalue weighted by atomic mass is 9.93. The zero-order valence-corrected chi connectivity index (χ0v) is 23.6. The Morgan fingerprint density at radius 2 is 1.68 bits per heavy atom. The van der Waals surface area contributed by atoms with E-state index in [4.69, 9.17) is 14.9 Å². The molecule has 1 heterocycles. The van der Waals surface area contributed by atoms with Gasteiger partial charge in [0.2, 0.25) is 0 Å². The molecule has 8 nitrogen and oxygen atoms in total. The van der Waals surface area contributed by atoms with Gasteiger partial charge in [0, 0.05) is 64.3 Å². The Kier molecular flexibility index (Phi) is 8.93. The second-order valence-electron chi connectivity index (χ2n) is 9.96. The molecular weight excluding hydrogens is 509 g/mol. The van der Waals surface area contributed by atoms with E-state index in [0.29, 0.717) is 43.2 Å². The monoisotopic (exact) mass is 545 g/mol. The third-order valence-electron chi connectivity index (χ3n) is 6.75. The second-order valence-corrected chi connectivity index (χ2v) is 9.96. The molecule has 3 aromatic carbocycles. The third-order valence-corrected chi connectivity index (χ3v) is 6.75. The SMILES string of the molecule is COc1cc(CN2CCNc3c(cc(CN(C=N)/C=C\N(C)C)cc3-c3ccc(F)cc3C)C2=O)cc(OC)c1. The molecule has 9 heteroatoms. The van der Waals surface area contributed by atoms with Crippen LogP contribution in [0.1, 0.15) is 27.0 Å². The molecule has 0 saturated carbocycles. The molecule has 0 saturated heterocycles. The van der Waals surface area contributed by atoms with Gasteiger partial charge >= 0.3 is 0 Å². The largest absolute Gasteiger partial charge is 0.497 e. The van der Waals surface area contributed by atoms with Crippen molar-refractivity contribution in [3.8, 4) is 22.6 Å². The normalized spacial score (nSPS) is 12.9. The van der Waals surface area contributed by atoms with Crippen LogP contribution < -0.4 is 14.8 Å². The van der Waals surface area contributed by atoms with Crippen molar-refractivity contribution in [3.05, 3.63) is 89.0 Å². The number of ether oxygens (including phenoxy) is 2. The predicted molar refractivity (Wildman–Crippen MR) is 157 cm³/mol. The van der Waals surface area contributed by atoms with Gasteiger partial charge in [0.1, 0.15) is 17.3 Å². The zero-order chi connectivity index (χ0) is 28.8. The van der Waals surface area contributed by atoms with Gasteiger partial charge in [-0.15, -0.1) is 0 Å². The summed E-state index contributed by atoms with van der Waals surface area (Å²) in [6, 6.07) is 14.2. The Hall–Kier alpha value is -4.53. The molecule has 210 valence electrons. The molecule has 1 amide bonds. The van der Waals surface area contributed by atoms with Crippen molar-refractivity contribution < 1.29 is 18.7 Å². The molecule has 0 fully saturated rings. The zero-order valence-electron chi connectivity index (χ0n) is 23.6. The highest BCUT2D eigenvalue weighted by molar-refractivity contribution is 6.04. The number of nitrogens with zero attached hydrogens (tertiary/aromatic N) is 3. The minimum Gasteiger partial charge on any atom is -0.497 e. The van der Waals surface area contributed by atoms with Gasteiger partial charge in [-0.2, -0.15) is 0 Å². The maximum Gasteiger partial charge on any atom is 0.256 e. The standard InChI is InChI=1S/C31H36FN5O3/c1-21-12-24(32)6-7-27(21)28-15-23(18-36(20-33)11-10-35(2)3)16-29-30(28)34-8-9-37(31(29)38)19-22-13-25(39-4)17-26(14-22)40-5/h6-7,10-17,20,33-34H,8-9,18-19H2,1-5H3/b11-10-,33-20?. The van der Waals surface area contributed by atoms with Gasteiger partial charge in [-0.3, -0.25) is 10.2 Å². The summed E-state index contributed by atoms with van der Waals surface area (Å²) in [4.78, 5) is 19.5. The van der Waals surface area contributed by atoms with Gasteiger partial charge in [-0.25, -0.2) is 4.39 Å². The summed E-state index contributed by atoms with van der Waals surface area (Å²) >= 11 is 0. The van der Waals surface area contributed by atoms with Crippen LogP contribution in [-0.4, -0.2) is 68.3 Å². The number of methoxy groups -OCH3 is 2. The van der Waals surface area contributed by atoms with Crippen LogP contribution in [0.25, 0.3) is 11.1 Å². The first-order chi connectivity index (χ1) is 19.2. The van der Waals surface area contributed by atoms with Crippen LogP contribution >= 0.6 is 0 Å². The van der Waals surface area contributed by atoms with Crippen LogP contribution in [0.2, 0.25) is 0 Å². The van der Waals surface area contributed by atoms with Crippen molar-refractivity contribution in [3.63, 3.8) is 0 Å². The first-order valence-electron chi connectivity index (χ1n) is 13.0. The van der Waals surface area contributed by atoms with Gasteiger partial charge in [-0.05, 0) is 65.6 Å². The summed E-state index contributed by atoms with van der Waals surface area (Å²) in [6.07, 6.45) is 4.91. The van der Waals surface area contributed by atoms with E-state index < -0.39 is 0 Å². The van der Waals surface area contributed by atoms with Crippen LogP contribution in [0.4, 0.5) is 10.1 Å². The average molecular weight is 546 g/mol. The number of hydrogen-bond donors (Lipinski definition) is 2. The quantitative estimate of drug-likeness (QED) is 0.265. The smallest absolute Gasteiger partial charge is 0.256 e. The number of hydrogen-bond acceptors (Lipinski definition) is 6. The van der Waals surface area contributed by atoms with Crippen molar-refractivity contribution in [2.24, 2.45) is 0 Å². The Labute approximate surface area is 235 Å². The molecule has 0 spiro atoms. The topological polar surface area (TPSA) is 81.1 Å². The number of halogens is 1. The Morgan fingerprint density at radius 1 is 0.975 bits per heavy atom.